The number of methoxy groups -OCH3 is 2. The van der Waals surface area contributed by atoms with Crippen LogP contribution in [0.3, 0.4) is 0 Å². The van der Waals surface area contributed by atoms with Gasteiger partial charge in [-0.15, -0.1) is 0 Å². The fourth-order valence-corrected chi connectivity index (χ4v) is 2.87. The Kier molecular flexibility index (Phi) is 5.23. The van der Waals surface area contributed by atoms with Gasteiger partial charge >= 0.3 is 0 Å². The maximum Gasteiger partial charge on any atom is 0.253 e. The van der Waals surface area contributed by atoms with Crippen molar-refractivity contribution in [1.82, 2.24) is 10.3 Å². The third-order valence-electron chi connectivity index (χ3n) is 4.20. The zero-order valence-corrected chi connectivity index (χ0v) is 14.5. The van der Waals surface area contributed by atoms with Crippen LogP contribution in [0.15, 0.2) is 48.7 Å². The van der Waals surface area contributed by atoms with Crippen molar-refractivity contribution in [2.45, 2.75) is 12.8 Å². The molecule has 0 fully saturated rings. The molecular formula is C20H22N2O3. The lowest BCUT2D eigenvalue weighted by atomic mass is 10.1. The summed E-state index contributed by atoms with van der Waals surface area (Å²) in [6, 6.07) is 13.9. The number of rotatable bonds is 7. The van der Waals surface area contributed by atoms with Crippen molar-refractivity contribution in [3.63, 3.8) is 0 Å². The minimum Gasteiger partial charge on any atom is -0.493 e. The number of aromatic nitrogens is 1. The molecule has 0 spiro atoms. The molecule has 0 saturated heterocycles. The highest BCUT2D eigenvalue weighted by molar-refractivity contribution is 6.07. The number of carbonyl (C=O) groups excluding carboxylic acids is 1. The molecule has 2 aromatic carbocycles. The molecule has 0 atom stereocenters. The van der Waals surface area contributed by atoms with E-state index in [0.29, 0.717) is 23.6 Å². The molecule has 0 aliphatic rings. The zero-order chi connectivity index (χ0) is 17.6. The minimum atomic E-state index is -0.0912. The molecule has 25 heavy (non-hydrogen) atoms. The topological polar surface area (TPSA) is 63.4 Å². The Labute approximate surface area is 147 Å². The first-order valence-corrected chi connectivity index (χ1v) is 8.28. The first-order chi connectivity index (χ1) is 12.2. The average molecular weight is 338 g/mol. The Balaban J connectivity index is 1.65. The number of hydrogen-bond donors (Lipinski definition) is 2. The summed E-state index contributed by atoms with van der Waals surface area (Å²) in [4.78, 5) is 15.6. The van der Waals surface area contributed by atoms with Gasteiger partial charge in [0.2, 0.25) is 0 Å². The van der Waals surface area contributed by atoms with Crippen LogP contribution in [0.4, 0.5) is 0 Å². The summed E-state index contributed by atoms with van der Waals surface area (Å²) >= 11 is 0. The second-order valence-corrected chi connectivity index (χ2v) is 5.80. The van der Waals surface area contributed by atoms with Crippen molar-refractivity contribution >= 4 is 16.8 Å². The lowest BCUT2D eigenvalue weighted by Crippen LogP contribution is -2.24. The summed E-state index contributed by atoms with van der Waals surface area (Å²) < 4.78 is 10.6. The highest BCUT2D eigenvalue weighted by Gasteiger charge is 2.15. The normalized spacial score (nSPS) is 10.6. The Bertz CT molecular complexity index is 856. The Hall–Kier alpha value is -2.95. The van der Waals surface area contributed by atoms with Gasteiger partial charge in [-0.2, -0.15) is 0 Å². The number of amides is 1. The van der Waals surface area contributed by atoms with Crippen LogP contribution in [0, 0.1) is 0 Å². The van der Waals surface area contributed by atoms with Crippen LogP contribution in [0.25, 0.3) is 10.9 Å². The van der Waals surface area contributed by atoms with Crippen LogP contribution < -0.4 is 14.8 Å². The first kappa shape index (κ1) is 16.9. The van der Waals surface area contributed by atoms with Crippen molar-refractivity contribution in [2.75, 3.05) is 20.8 Å². The van der Waals surface area contributed by atoms with Crippen molar-refractivity contribution in [1.29, 1.82) is 0 Å². The smallest absolute Gasteiger partial charge is 0.253 e. The van der Waals surface area contributed by atoms with Crippen LogP contribution in [0.2, 0.25) is 0 Å². The molecular weight excluding hydrogens is 316 g/mol. The number of hydrogen-bond acceptors (Lipinski definition) is 3. The molecule has 0 bridgehead atoms. The van der Waals surface area contributed by atoms with Gasteiger partial charge in [0, 0.05) is 24.2 Å². The molecule has 0 radical (unpaired) electrons. The van der Waals surface area contributed by atoms with Gasteiger partial charge in [0.25, 0.3) is 5.91 Å². The van der Waals surface area contributed by atoms with Gasteiger partial charge < -0.3 is 19.8 Å². The molecule has 0 aliphatic carbocycles. The van der Waals surface area contributed by atoms with Crippen molar-refractivity contribution in [3.8, 4) is 11.5 Å². The van der Waals surface area contributed by atoms with Gasteiger partial charge in [0.15, 0.2) is 11.5 Å². The van der Waals surface area contributed by atoms with Crippen molar-refractivity contribution in [2.24, 2.45) is 0 Å². The number of ether oxygens (including phenoxy) is 2. The van der Waals surface area contributed by atoms with Crippen LogP contribution in [0.5, 0.6) is 11.5 Å². The summed E-state index contributed by atoms with van der Waals surface area (Å²) in [7, 11) is 3.17. The van der Waals surface area contributed by atoms with E-state index in [2.05, 4.69) is 22.4 Å². The second kappa shape index (κ2) is 7.75. The summed E-state index contributed by atoms with van der Waals surface area (Å²) in [5.74, 6) is 1.14. The van der Waals surface area contributed by atoms with Gasteiger partial charge in [0.05, 0.1) is 25.3 Å². The van der Waals surface area contributed by atoms with E-state index < -0.39 is 0 Å². The maximum atomic E-state index is 12.5. The average Bonchev–Trinajstić information content (AvgIpc) is 3.07. The molecule has 1 amide bonds. The molecule has 1 heterocycles. The predicted octanol–water partition coefficient (Wildman–Crippen LogP) is 3.55. The van der Waals surface area contributed by atoms with Crippen LogP contribution in [0.1, 0.15) is 22.3 Å². The van der Waals surface area contributed by atoms with E-state index in [-0.39, 0.29) is 5.91 Å². The molecule has 5 nitrogen and oxygen atoms in total. The van der Waals surface area contributed by atoms with E-state index >= 15 is 0 Å². The SMILES string of the molecule is COc1cc2[nH]cc(C(=O)NCCCc3ccccc3)c2cc1OC. The monoisotopic (exact) mass is 338 g/mol. The molecule has 5 heteroatoms. The van der Waals surface area contributed by atoms with E-state index in [9.17, 15) is 4.79 Å². The Morgan fingerprint density at radius 1 is 1.08 bits per heavy atom. The number of aromatic amines is 1. The maximum absolute atomic E-state index is 12.5. The van der Waals surface area contributed by atoms with E-state index in [1.54, 1.807) is 20.4 Å². The van der Waals surface area contributed by atoms with Gasteiger partial charge in [-0.1, -0.05) is 30.3 Å². The van der Waals surface area contributed by atoms with E-state index in [0.717, 1.165) is 23.7 Å². The largest absolute Gasteiger partial charge is 0.493 e. The second-order valence-electron chi connectivity index (χ2n) is 5.80. The van der Waals surface area contributed by atoms with E-state index in [1.807, 2.05) is 30.3 Å². The fraction of sp³-hybridized carbons (Fsp3) is 0.250. The number of nitrogens with one attached hydrogen (secondary N) is 2. The lowest BCUT2D eigenvalue weighted by Gasteiger charge is -2.08. The summed E-state index contributed by atoms with van der Waals surface area (Å²) in [5.41, 5.74) is 2.73. The molecule has 130 valence electrons. The molecule has 0 aliphatic heterocycles. The number of aryl methyl sites for hydroxylation is 1. The van der Waals surface area contributed by atoms with E-state index in [1.165, 1.54) is 5.56 Å². The van der Waals surface area contributed by atoms with E-state index in [4.69, 9.17) is 9.47 Å². The van der Waals surface area contributed by atoms with Gasteiger partial charge in [-0.25, -0.2) is 0 Å². The lowest BCUT2D eigenvalue weighted by molar-refractivity contribution is 0.0955. The van der Waals surface area contributed by atoms with Crippen molar-refractivity contribution < 1.29 is 14.3 Å². The minimum absolute atomic E-state index is 0.0912. The standard InChI is InChI=1S/C20H22N2O3/c1-24-18-11-15-16(13-22-17(15)12-19(18)25-2)20(23)21-10-6-9-14-7-4-3-5-8-14/h3-5,7-8,11-13,22H,6,9-10H2,1-2H3,(H,21,23). The van der Waals surface area contributed by atoms with Crippen molar-refractivity contribution in [3.05, 3.63) is 59.8 Å². The fourth-order valence-electron chi connectivity index (χ4n) is 2.87. The molecule has 0 saturated carbocycles. The Morgan fingerprint density at radius 3 is 2.52 bits per heavy atom. The Morgan fingerprint density at radius 2 is 1.80 bits per heavy atom. The summed E-state index contributed by atoms with van der Waals surface area (Å²) in [5, 5.41) is 3.80. The highest BCUT2D eigenvalue weighted by atomic mass is 16.5. The molecule has 0 unspecified atom stereocenters. The summed E-state index contributed by atoms with van der Waals surface area (Å²) in [6.45, 7) is 0.633. The van der Waals surface area contributed by atoms with Gasteiger partial charge in [-0.3, -0.25) is 4.79 Å². The molecule has 3 aromatic rings. The highest BCUT2D eigenvalue weighted by Crippen LogP contribution is 2.33. The van der Waals surface area contributed by atoms with Gasteiger partial charge in [0.1, 0.15) is 0 Å². The molecule has 2 N–H and O–H groups in total. The van der Waals surface area contributed by atoms with Gasteiger partial charge in [-0.05, 0) is 24.5 Å². The summed E-state index contributed by atoms with van der Waals surface area (Å²) in [6.07, 6.45) is 3.56. The number of benzene rings is 2. The number of carbonyl (C=O) groups is 1. The first-order valence-electron chi connectivity index (χ1n) is 8.28. The van der Waals surface area contributed by atoms with Crippen LogP contribution >= 0.6 is 0 Å². The number of H-pyrrole nitrogens is 1. The van der Waals surface area contributed by atoms with Crippen LogP contribution in [-0.4, -0.2) is 31.7 Å². The third kappa shape index (κ3) is 3.76. The quantitative estimate of drug-likeness (QED) is 0.648. The molecule has 3 rings (SSSR count). The number of fused-ring (bicyclic) bond motifs is 1. The third-order valence-corrected chi connectivity index (χ3v) is 4.20. The zero-order valence-electron chi connectivity index (χ0n) is 14.5. The molecule has 1 aromatic heterocycles. The predicted molar refractivity (Wildman–Crippen MR) is 98.5 cm³/mol. The van der Waals surface area contributed by atoms with Crippen LogP contribution in [-0.2, 0) is 6.42 Å².